The van der Waals surface area contributed by atoms with Crippen LogP contribution in [0.25, 0.3) is 0 Å². The average molecular weight is 172 g/mol. The third-order valence-corrected chi connectivity index (χ3v) is 3.71. The lowest BCUT2D eigenvalue weighted by Crippen LogP contribution is -2.37. The summed E-state index contributed by atoms with van der Waals surface area (Å²) < 4.78 is 5.23. The Balaban J connectivity index is 1.98. The van der Waals surface area contributed by atoms with Gasteiger partial charge in [-0.25, -0.2) is 0 Å². The predicted molar refractivity (Wildman–Crippen MR) is 44.6 cm³/mol. The Labute approximate surface area is 70.7 Å². The number of ether oxygens (including phenoxy) is 1. The van der Waals surface area contributed by atoms with Gasteiger partial charge in [-0.3, -0.25) is 4.79 Å². The molecule has 0 aromatic carbocycles. The van der Waals surface area contributed by atoms with Gasteiger partial charge in [0.25, 0.3) is 0 Å². The van der Waals surface area contributed by atoms with Crippen LogP contribution < -0.4 is 0 Å². The fourth-order valence-electron chi connectivity index (χ4n) is 1.77. The largest absolute Gasteiger partial charge is 0.461 e. The predicted octanol–water partition coefficient (Wildman–Crippen LogP) is 1.59. The quantitative estimate of drug-likeness (QED) is 0.519. The van der Waals surface area contributed by atoms with Gasteiger partial charge in [0.05, 0.1) is 5.75 Å². The van der Waals surface area contributed by atoms with Gasteiger partial charge in [-0.05, 0) is 19.3 Å². The van der Waals surface area contributed by atoms with E-state index in [-0.39, 0.29) is 12.1 Å². The highest BCUT2D eigenvalue weighted by atomic mass is 32.2. The van der Waals surface area contributed by atoms with Crippen LogP contribution in [0.2, 0.25) is 0 Å². The molecule has 0 N–H and O–H groups in total. The molecule has 1 saturated carbocycles. The topological polar surface area (TPSA) is 26.3 Å². The normalized spacial score (nSPS) is 37.6. The molecule has 2 unspecified atom stereocenters. The van der Waals surface area contributed by atoms with Crippen molar-refractivity contribution in [3.63, 3.8) is 0 Å². The molecule has 1 heterocycles. The van der Waals surface area contributed by atoms with Crippen molar-refractivity contribution in [2.45, 2.75) is 37.0 Å². The van der Waals surface area contributed by atoms with Crippen LogP contribution in [0, 0.1) is 0 Å². The molecule has 3 heteroatoms. The van der Waals surface area contributed by atoms with E-state index in [2.05, 4.69) is 0 Å². The first-order valence-corrected chi connectivity index (χ1v) is 5.22. The zero-order valence-electron chi connectivity index (χ0n) is 6.41. The molecule has 1 saturated heterocycles. The van der Waals surface area contributed by atoms with Crippen molar-refractivity contribution in [3.05, 3.63) is 0 Å². The Morgan fingerprint density at radius 1 is 1.36 bits per heavy atom. The van der Waals surface area contributed by atoms with Crippen LogP contribution in [-0.2, 0) is 9.53 Å². The van der Waals surface area contributed by atoms with E-state index in [4.69, 9.17) is 4.74 Å². The van der Waals surface area contributed by atoms with Crippen LogP contribution in [0.5, 0.6) is 0 Å². The molecule has 11 heavy (non-hydrogen) atoms. The van der Waals surface area contributed by atoms with Gasteiger partial charge in [0.1, 0.15) is 6.10 Å². The number of carbonyl (C=O) groups is 1. The molecule has 2 nitrogen and oxygen atoms in total. The van der Waals surface area contributed by atoms with Crippen molar-refractivity contribution >= 4 is 17.7 Å². The standard InChI is InChI=1S/C8H12O2S/c9-8-5-11-7-4-2-1-3-6(7)10-8/h6-7H,1-5H2. The van der Waals surface area contributed by atoms with E-state index in [1.807, 2.05) is 0 Å². The maximum Gasteiger partial charge on any atom is 0.316 e. The Hall–Kier alpha value is -0.180. The fourth-order valence-corrected chi connectivity index (χ4v) is 2.92. The summed E-state index contributed by atoms with van der Waals surface area (Å²) in [4.78, 5) is 10.9. The molecule has 0 radical (unpaired) electrons. The van der Waals surface area contributed by atoms with Gasteiger partial charge in [-0.2, -0.15) is 0 Å². The summed E-state index contributed by atoms with van der Waals surface area (Å²) >= 11 is 1.78. The summed E-state index contributed by atoms with van der Waals surface area (Å²) in [6.07, 6.45) is 5.11. The zero-order valence-corrected chi connectivity index (χ0v) is 7.23. The third kappa shape index (κ3) is 1.53. The van der Waals surface area contributed by atoms with Crippen molar-refractivity contribution in [3.8, 4) is 0 Å². The van der Waals surface area contributed by atoms with Crippen LogP contribution in [0.1, 0.15) is 25.7 Å². The molecule has 1 aliphatic heterocycles. The van der Waals surface area contributed by atoms with E-state index in [1.165, 1.54) is 19.3 Å². The van der Waals surface area contributed by atoms with Crippen molar-refractivity contribution in [2.24, 2.45) is 0 Å². The van der Waals surface area contributed by atoms with Gasteiger partial charge in [0, 0.05) is 5.25 Å². The molecular formula is C8H12O2S. The van der Waals surface area contributed by atoms with Crippen LogP contribution in [0.4, 0.5) is 0 Å². The van der Waals surface area contributed by atoms with Crippen LogP contribution in [0.15, 0.2) is 0 Å². The lowest BCUT2D eigenvalue weighted by molar-refractivity contribution is -0.147. The monoisotopic (exact) mass is 172 g/mol. The van der Waals surface area contributed by atoms with Crippen molar-refractivity contribution < 1.29 is 9.53 Å². The first-order chi connectivity index (χ1) is 5.36. The van der Waals surface area contributed by atoms with Crippen LogP contribution >= 0.6 is 11.8 Å². The summed E-state index contributed by atoms with van der Waals surface area (Å²) in [7, 11) is 0. The first kappa shape index (κ1) is 7.47. The smallest absolute Gasteiger partial charge is 0.316 e. The first-order valence-electron chi connectivity index (χ1n) is 4.17. The minimum Gasteiger partial charge on any atom is -0.461 e. The number of fused-ring (bicyclic) bond motifs is 1. The number of carbonyl (C=O) groups excluding carboxylic acids is 1. The van der Waals surface area contributed by atoms with Crippen molar-refractivity contribution in [1.82, 2.24) is 0 Å². The summed E-state index contributed by atoms with van der Waals surface area (Å²) in [6.45, 7) is 0. The van der Waals surface area contributed by atoms with Crippen LogP contribution in [-0.4, -0.2) is 23.1 Å². The summed E-state index contributed by atoms with van der Waals surface area (Å²) in [5.74, 6) is 0.555. The van der Waals surface area contributed by atoms with Gasteiger partial charge in [-0.15, -0.1) is 11.8 Å². The molecule has 2 fully saturated rings. The SMILES string of the molecule is O=C1CSC2CCCCC2O1. The summed E-state index contributed by atoms with van der Waals surface area (Å²) in [5.41, 5.74) is 0. The lowest BCUT2D eigenvalue weighted by atomic mass is 9.97. The minimum atomic E-state index is -0.0156. The molecule has 2 atom stereocenters. The van der Waals surface area contributed by atoms with Gasteiger partial charge >= 0.3 is 5.97 Å². The van der Waals surface area contributed by atoms with Gasteiger partial charge in [-0.1, -0.05) is 6.42 Å². The van der Waals surface area contributed by atoms with Crippen molar-refractivity contribution in [1.29, 1.82) is 0 Å². The Morgan fingerprint density at radius 2 is 2.18 bits per heavy atom. The van der Waals surface area contributed by atoms with E-state index in [1.54, 1.807) is 11.8 Å². The molecule has 0 aromatic heterocycles. The van der Waals surface area contributed by atoms with E-state index in [9.17, 15) is 4.79 Å². The summed E-state index contributed by atoms with van der Waals surface area (Å²) in [6, 6.07) is 0. The molecule has 2 aliphatic rings. The van der Waals surface area contributed by atoms with E-state index >= 15 is 0 Å². The molecule has 0 spiro atoms. The van der Waals surface area contributed by atoms with E-state index in [0.717, 1.165) is 6.42 Å². The van der Waals surface area contributed by atoms with Crippen LogP contribution in [0.3, 0.4) is 0 Å². The number of hydrogen-bond acceptors (Lipinski definition) is 3. The minimum absolute atomic E-state index is 0.0156. The molecular weight excluding hydrogens is 160 g/mol. The lowest BCUT2D eigenvalue weighted by Gasteiger charge is -2.33. The number of rotatable bonds is 0. The molecule has 62 valence electrons. The maximum absolute atomic E-state index is 10.9. The fraction of sp³-hybridized carbons (Fsp3) is 0.875. The molecule has 0 aromatic rings. The Kier molecular flexibility index (Phi) is 2.07. The number of esters is 1. The van der Waals surface area contributed by atoms with Gasteiger partial charge in [0.15, 0.2) is 0 Å². The highest BCUT2D eigenvalue weighted by Crippen LogP contribution is 2.33. The summed E-state index contributed by atoms with van der Waals surface area (Å²) in [5, 5.41) is 0.612. The van der Waals surface area contributed by atoms with E-state index < -0.39 is 0 Å². The Morgan fingerprint density at radius 3 is 3.09 bits per heavy atom. The number of hydrogen-bond donors (Lipinski definition) is 0. The van der Waals surface area contributed by atoms with E-state index in [0.29, 0.717) is 11.0 Å². The Bertz CT molecular complexity index is 169. The molecule has 0 amide bonds. The maximum atomic E-state index is 10.9. The second-order valence-corrected chi connectivity index (χ2v) is 4.39. The molecule has 0 bridgehead atoms. The highest BCUT2D eigenvalue weighted by molar-refractivity contribution is 8.00. The average Bonchev–Trinajstić information content (AvgIpc) is 2.04. The zero-order chi connectivity index (χ0) is 7.68. The van der Waals surface area contributed by atoms with Crippen molar-refractivity contribution in [2.75, 3.05) is 5.75 Å². The van der Waals surface area contributed by atoms with Gasteiger partial charge < -0.3 is 4.74 Å². The highest BCUT2D eigenvalue weighted by Gasteiger charge is 2.32. The number of thioether (sulfide) groups is 1. The molecule has 2 rings (SSSR count). The molecule has 1 aliphatic carbocycles. The second-order valence-electron chi connectivity index (χ2n) is 3.16. The third-order valence-electron chi connectivity index (χ3n) is 2.34. The van der Waals surface area contributed by atoms with Gasteiger partial charge in [0.2, 0.25) is 0 Å². The second kappa shape index (κ2) is 3.05.